The molecule has 0 bridgehead atoms. The molecule has 1 saturated heterocycles. The van der Waals surface area contributed by atoms with Crippen LogP contribution in [0.3, 0.4) is 0 Å². The molecule has 2 aliphatic rings. The van der Waals surface area contributed by atoms with Gasteiger partial charge in [0.05, 0.1) is 31.5 Å². The van der Waals surface area contributed by atoms with Crippen molar-refractivity contribution in [1.29, 1.82) is 10.5 Å². The van der Waals surface area contributed by atoms with Crippen molar-refractivity contribution < 1.29 is 14.2 Å². The van der Waals surface area contributed by atoms with Crippen LogP contribution in [0.5, 0.6) is 5.88 Å². The van der Waals surface area contributed by atoms with E-state index in [1.807, 2.05) is 4.57 Å². The first-order valence-corrected chi connectivity index (χ1v) is 10.4. The maximum atomic E-state index is 9.68. The maximum Gasteiger partial charge on any atom is 0.257 e. The predicted molar refractivity (Wildman–Crippen MR) is 112 cm³/mol. The summed E-state index contributed by atoms with van der Waals surface area (Å²) in [6.45, 7) is 2.65. The number of hydrogen-bond acceptors (Lipinski definition) is 9. The van der Waals surface area contributed by atoms with Gasteiger partial charge in [0.2, 0.25) is 5.95 Å². The topological polar surface area (TPSA) is 136 Å². The van der Waals surface area contributed by atoms with Crippen LogP contribution in [0.25, 0.3) is 11.0 Å². The molecular formula is C21H22N8O3. The second-order valence-corrected chi connectivity index (χ2v) is 7.94. The Morgan fingerprint density at radius 2 is 2.16 bits per heavy atom. The van der Waals surface area contributed by atoms with Crippen molar-refractivity contribution in [2.45, 2.75) is 44.1 Å². The summed E-state index contributed by atoms with van der Waals surface area (Å²) in [5.41, 5.74) is 1.66. The van der Waals surface area contributed by atoms with Gasteiger partial charge in [0.15, 0.2) is 0 Å². The Labute approximate surface area is 184 Å². The minimum absolute atomic E-state index is 0.142. The molecule has 3 aromatic rings. The summed E-state index contributed by atoms with van der Waals surface area (Å²) in [6, 6.07) is 5.55. The number of rotatable bonds is 7. The van der Waals surface area contributed by atoms with Gasteiger partial charge in [-0.05, 0) is 25.8 Å². The van der Waals surface area contributed by atoms with Gasteiger partial charge in [0.25, 0.3) is 5.88 Å². The van der Waals surface area contributed by atoms with Gasteiger partial charge in [-0.1, -0.05) is 0 Å². The molecule has 0 aromatic carbocycles. The highest BCUT2D eigenvalue weighted by Gasteiger charge is 2.33. The molecule has 32 heavy (non-hydrogen) atoms. The molecule has 11 nitrogen and oxygen atoms in total. The zero-order valence-electron chi connectivity index (χ0n) is 17.7. The van der Waals surface area contributed by atoms with Gasteiger partial charge in [-0.3, -0.25) is 0 Å². The van der Waals surface area contributed by atoms with E-state index < -0.39 is 6.04 Å². The lowest BCUT2D eigenvalue weighted by molar-refractivity contribution is 0.0690. The van der Waals surface area contributed by atoms with Crippen molar-refractivity contribution in [3.63, 3.8) is 0 Å². The van der Waals surface area contributed by atoms with E-state index in [0.717, 1.165) is 18.2 Å². The highest BCUT2D eigenvalue weighted by molar-refractivity contribution is 5.79. The van der Waals surface area contributed by atoms with Crippen LogP contribution in [0.1, 0.15) is 37.5 Å². The molecule has 11 heteroatoms. The molecule has 5 rings (SSSR count). The molecule has 0 spiro atoms. The molecule has 1 saturated carbocycles. The first-order valence-electron chi connectivity index (χ1n) is 10.4. The molecular weight excluding hydrogens is 412 g/mol. The van der Waals surface area contributed by atoms with Gasteiger partial charge in [0.1, 0.15) is 41.3 Å². The van der Waals surface area contributed by atoms with Crippen molar-refractivity contribution in [3.05, 3.63) is 24.2 Å². The summed E-state index contributed by atoms with van der Waals surface area (Å²) < 4.78 is 20.4. The number of hydrogen-bond donors (Lipinski definition) is 1. The monoisotopic (exact) mass is 434 g/mol. The number of nitrogens with one attached hydrogen (secondary N) is 1. The normalized spacial score (nSPS) is 21.2. The van der Waals surface area contributed by atoms with E-state index in [1.165, 1.54) is 0 Å². The molecule has 3 aromatic heterocycles. The van der Waals surface area contributed by atoms with Crippen LogP contribution in [0.2, 0.25) is 0 Å². The Morgan fingerprint density at radius 3 is 2.88 bits per heavy atom. The van der Waals surface area contributed by atoms with E-state index in [-0.39, 0.29) is 18.2 Å². The summed E-state index contributed by atoms with van der Waals surface area (Å²) in [5.74, 6) is 0.745. The standard InChI is InChI=1S/C21H22N8O3/c1-12(6-22)28-9-16(20(27-28)32-15-3-4-15)25-21-24-8-13-5-14(7-23)29(19(13)26-21)17-10-31-11-18(17)30-2/h5,8-9,12,15,17-18H,3-4,10-11H2,1-2H3,(H,24,25,26)/t12?,17-,18+/m1/s1. The van der Waals surface area contributed by atoms with E-state index in [9.17, 15) is 10.5 Å². The molecule has 1 aliphatic carbocycles. The zero-order chi connectivity index (χ0) is 22.2. The Kier molecular flexibility index (Phi) is 5.13. The van der Waals surface area contributed by atoms with Gasteiger partial charge >= 0.3 is 0 Å². The average Bonchev–Trinajstić information content (AvgIpc) is 3.20. The first-order chi connectivity index (χ1) is 15.6. The van der Waals surface area contributed by atoms with Crippen molar-refractivity contribution in [2.24, 2.45) is 0 Å². The van der Waals surface area contributed by atoms with E-state index in [4.69, 9.17) is 14.2 Å². The minimum atomic E-state index is -0.445. The third-order valence-electron chi connectivity index (χ3n) is 5.66. The number of aromatic nitrogens is 5. The van der Waals surface area contributed by atoms with Crippen molar-refractivity contribution in [3.8, 4) is 18.0 Å². The highest BCUT2D eigenvalue weighted by Crippen LogP contribution is 2.34. The third-order valence-corrected chi connectivity index (χ3v) is 5.66. The highest BCUT2D eigenvalue weighted by atomic mass is 16.5. The van der Waals surface area contributed by atoms with Crippen molar-refractivity contribution in [1.82, 2.24) is 24.3 Å². The van der Waals surface area contributed by atoms with Crippen LogP contribution in [0, 0.1) is 22.7 Å². The van der Waals surface area contributed by atoms with E-state index in [2.05, 4.69) is 32.5 Å². The average molecular weight is 434 g/mol. The summed E-state index contributed by atoms with van der Waals surface area (Å²) in [7, 11) is 1.63. The van der Waals surface area contributed by atoms with Gasteiger partial charge < -0.3 is 24.1 Å². The fourth-order valence-corrected chi connectivity index (χ4v) is 3.75. The van der Waals surface area contributed by atoms with Crippen molar-refractivity contribution in [2.75, 3.05) is 25.6 Å². The summed E-state index contributed by atoms with van der Waals surface area (Å²) in [4.78, 5) is 9.09. The number of nitriles is 2. The Bertz CT molecular complexity index is 1230. The molecule has 4 heterocycles. The van der Waals surface area contributed by atoms with E-state index >= 15 is 0 Å². The molecule has 164 valence electrons. The smallest absolute Gasteiger partial charge is 0.257 e. The number of fused-ring (bicyclic) bond motifs is 1. The lowest BCUT2D eigenvalue weighted by Crippen LogP contribution is -2.25. The second kappa shape index (κ2) is 8.11. The molecule has 1 unspecified atom stereocenters. The summed E-state index contributed by atoms with van der Waals surface area (Å²) in [5, 5.41) is 27.3. The second-order valence-electron chi connectivity index (χ2n) is 7.94. The quantitative estimate of drug-likeness (QED) is 0.594. The Hall–Kier alpha value is -3.67. The fraction of sp³-hybridized carbons (Fsp3) is 0.476. The number of nitrogens with zero attached hydrogens (tertiary/aromatic N) is 7. The minimum Gasteiger partial charge on any atom is -0.472 e. The molecule has 1 aliphatic heterocycles. The van der Waals surface area contributed by atoms with Gasteiger partial charge in [0, 0.05) is 18.7 Å². The van der Waals surface area contributed by atoms with Crippen molar-refractivity contribution >= 4 is 22.7 Å². The van der Waals surface area contributed by atoms with Crippen LogP contribution >= 0.6 is 0 Å². The SMILES string of the molecule is CO[C@H]1COC[C@H]1n1c(C#N)cc2cnc(Nc3cn(C(C)C#N)nc3OC3CC3)nc21. The molecule has 2 fully saturated rings. The summed E-state index contributed by atoms with van der Waals surface area (Å²) >= 11 is 0. The molecule has 3 atom stereocenters. The van der Waals surface area contributed by atoms with Crippen LogP contribution < -0.4 is 10.1 Å². The largest absolute Gasteiger partial charge is 0.472 e. The van der Waals surface area contributed by atoms with Gasteiger partial charge in [-0.25, -0.2) is 9.67 Å². The number of methoxy groups -OCH3 is 1. The fourth-order valence-electron chi connectivity index (χ4n) is 3.75. The third kappa shape index (κ3) is 3.62. The first kappa shape index (κ1) is 20.2. The number of ether oxygens (including phenoxy) is 3. The molecule has 1 N–H and O–H groups in total. The van der Waals surface area contributed by atoms with Gasteiger partial charge in [-0.2, -0.15) is 15.5 Å². The Morgan fingerprint density at radius 1 is 1.31 bits per heavy atom. The van der Waals surface area contributed by atoms with Gasteiger partial charge in [-0.15, -0.1) is 5.10 Å². The Balaban J connectivity index is 1.52. The van der Waals surface area contributed by atoms with E-state index in [0.29, 0.717) is 42.1 Å². The van der Waals surface area contributed by atoms with Crippen LogP contribution in [-0.2, 0) is 9.47 Å². The lowest BCUT2D eigenvalue weighted by atomic mass is 10.2. The molecule has 0 amide bonds. The van der Waals surface area contributed by atoms with Crippen LogP contribution in [0.15, 0.2) is 18.5 Å². The lowest BCUT2D eigenvalue weighted by Gasteiger charge is -2.19. The summed E-state index contributed by atoms with van der Waals surface area (Å²) in [6.07, 6.45) is 5.32. The van der Waals surface area contributed by atoms with E-state index in [1.54, 1.807) is 37.2 Å². The molecule has 0 radical (unpaired) electrons. The van der Waals surface area contributed by atoms with Crippen LogP contribution in [0.4, 0.5) is 11.6 Å². The predicted octanol–water partition coefficient (Wildman–Crippen LogP) is 2.46. The maximum absolute atomic E-state index is 9.68. The number of anilines is 2. The van der Waals surface area contributed by atoms with Crippen LogP contribution in [-0.4, -0.2) is 56.8 Å². The zero-order valence-corrected chi connectivity index (χ0v) is 17.7.